The second-order valence-electron chi connectivity index (χ2n) is 9.33. The van der Waals surface area contributed by atoms with E-state index in [1.807, 2.05) is 12.1 Å². The van der Waals surface area contributed by atoms with Crippen molar-refractivity contribution in [2.75, 3.05) is 10.2 Å². The number of hydrogen-bond acceptors (Lipinski definition) is 6. The van der Waals surface area contributed by atoms with Crippen molar-refractivity contribution >= 4 is 46.1 Å². The fourth-order valence-corrected chi connectivity index (χ4v) is 5.73. The van der Waals surface area contributed by atoms with Crippen molar-refractivity contribution in [1.82, 2.24) is 29.7 Å². The Morgan fingerprint density at radius 1 is 1.11 bits per heavy atom. The van der Waals surface area contributed by atoms with E-state index >= 15 is 0 Å². The molecule has 0 bridgehead atoms. The number of carbonyl (C=O) groups excluding carboxylic acids is 2. The quantitative estimate of drug-likeness (QED) is 0.367. The lowest BCUT2D eigenvalue weighted by Crippen LogP contribution is -2.46. The van der Waals surface area contributed by atoms with E-state index in [9.17, 15) is 14.0 Å². The van der Waals surface area contributed by atoms with Gasteiger partial charge in [-0.25, -0.2) is 19.3 Å². The number of aryl methyl sites for hydroxylation is 1. The summed E-state index contributed by atoms with van der Waals surface area (Å²) in [4.78, 5) is 44.9. The minimum absolute atomic E-state index is 0.192. The number of imidazole rings is 1. The van der Waals surface area contributed by atoms with Crippen LogP contribution in [0.1, 0.15) is 28.8 Å². The van der Waals surface area contributed by atoms with Crippen molar-refractivity contribution in [1.29, 1.82) is 0 Å². The molecule has 0 fully saturated rings. The van der Waals surface area contributed by atoms with E-state index in [1.165, 1.54) is 29.5 Å². The molecule has 5 heterocycles. The third kappa shape index (κ3) is 3.05. The molecule has 0 saturated heterocycles. The van der Waals surface area contributed by atoms with Crippen molar-refractivity contribution in [2.45, 2.75) is 25.3 Å². The number of hydrogen-bond donors (Lipinski definition) is 2. The normalized spacial score (nSPS) is 18.2. The van der Waals surface area contributed by atoms with Crippen LogP contribution in [0.2, 0.25) is 5.02 Å². The molecule has 2 amide bonds. The standard InChI is InChI=1S/C26H18ClFN8O2/c1-13-20-23(36(34-13)24-21-22(30-11-29-21)31-12-32-24)33-19(37)9-26(20)17-8-16(28)6-7-18(17)35(25(26)38)10-14-2-4-15(27)5-3-14/h2-8,11-12H,9-10H2,1H3,(H,33,37)(H,29,30,31,32). The van der Waals surface area contributed by atoms with Crippen LogP contribution in [-0.2, 0) is 21.5 Å². The summed E-state index contributed by atoms with van der Waals surface area (Å²) in [7, 11) is 0. The van der Waals surface area contributed by atoms with Gasteiger partial charge in [0.1, 0.15) is 28.9 Å². The Morgan fingerprint density at radius 2 is 1.92 bits per heavy atom. The highest BCUT2D eigenvalue weighted by Gasteiger charge is 2.58. The largest absolute Gasteiger partial charge is 0.340 e. The molecule has 38 heavy (non-hydrogen) atoms. The smallest absolute Gasteiger partial charge is 0.243 e. The average Bonchev–Trinajstić information content (AvgIpc) is 3.57. The topological polar surface area (TPSA) is 122 Å². The van der Waals surface area contributed by atoms with E-state index in [0.29, 0.717) is 50.3 Å². The van der Waals surface area contributed by atoms with Gasteiger partial charge < -0.3 is 15.2 Å². The summed E-state index contributed by atoms with van der Waals surface area (Å²) in [5.74, 6) is -0.578. The minimum Gasteiger partial charge on any atom is -0.340 e. The molecule has 0 aliphatic carbocycles. The first-order valence-electron chi connectivity index (χ1n) is 11.8. The summed E-state index contributed by atoms with van der Waals surface area (Å²) in [5, 5.41) is 8.14. The average molecular weight is 529 g/mol. The summed E-state index contributed by atoms with van der Waals surface area (Å²) in [6.07, 6.45) is 2.64. The summed E-state index contributed by atoms with van der Waals surface area (Å²) < 4.78 is 16.2. The summed E-state index contributed by atoms with van der Waals surface area (Å²) in [5.41, 5.74) is 2.27. The molecular formula is C26H18ClFN8O2. The molecule has 2 aliphatic heterocycles. The summed E-state index contributed by atoms with van der Waals surface area (Å²) in [6, 6.07) is 11.4. The van der Waals surface area contributed by atoms with E-state index in [-0.39, 0.29) is 18.9 Å². The zero-order valence-electron chi connectivity index (χ0n) is 19.9. The van der Waals surface area contributed by atoms with Crippen molar-refractivity contribution < 1.29 is 14.0 Å². The van der Waals surface area contributed by atoms with Crippen molar-refractivity contribution in [3.63, 3.8) is 0 Å². The number of nitrogens with one attached hydrogen (secondary N) is 2. The van der Waals surface area contributed by atoms with Crippen LogP contribution in [0.4, 0.5) is 15.9 Å². The summed E-state index contributed by atoms with van der Waals surface area (Å²) >= 11 is 6.05. The molecule has 3 aromatic heterocycles. The van der Waals surface area contributed by atoms with E-state index < -0.39 is 17.1 Å². The third-order valence-electron chi connectivity index (χ3n) is 7.15. The number of aromatic nitrogens is 6. The van der Waals surface area contributed by atoms with Gasteiger partial charge in [0.15, 0.2) is 11.5 Å². The zero-order valence-corrected chi connectivity index (χ0v) is 20.6. The van der Waals surface area contributed by atoms with E-state index in [0.717, 1.165) is 5.56 Å². The van der Waals surface area contributed by atoms with Crippen LogP contribution >= 0.6 is 11.6 Å². The van der Waals surface area contributed by atoms with Crippen molar-refractivity contribution in [3.05, 3.63) is 88.3 Å². The lowest BCUT2D eigenvalue weighted by Gasteiger charge is -2.33. The second kappa shape index (κ2) is 7.93. The number of anilines is 2. The van der Waals surface area contributed by atoms with Gasteiger partial charge in [-0.1, -0.05) is 23.7 Å². The number of amides is 2. The molecular weight excluding hydrogens is 511 g/mol. The van der Waals surface area contributed by atoms with E-state index in [1.54, 1.807) is 30.0 Å². The molecule has 2 aromatic carbocycles. The van der Waals surface area contributed by atoms with Crippen molar-refractivity contribution in [2.24, 2.45) is 0 Å². The van der Waals surface area contributed by atoms with Crippen LogP contribution in [0.15, 0.2) is 55.1 Å². The first-order chi connectivity index (χ1) is 18.4. The Kier molecular flexibility index (Phi) is 4.70. The highest BCUT2D eigenvalue weighted by Crippen LogP contribution is 2.54. The molecule has 7 rings (SSSR count). The van der Waals surface area contributed by atoms with Gasteiger partial charge in [-0.05, 0) is 48.4 Å². The van der Waals surface area contributed by atoms with Gasteiger partial charge >= 0.3 is 0 Å². The predicted molar refractivity (Wildman–Crippen MR) is 137 cm³/mol. The Labute approximate surface area is 219 Å². The molecule has 1 spiro atoms. The first kappa shape index (κ1) is 22.5. The molecule has 2 N–H and O–H groups in total. The molecule has 0 radical (unpaired) electrons. The number of rotatable bonds is 3. The maximum absolute atomic E-state index is 14.7. The van der Waals surface area contributed by atoms with Crippen molar-refractivity contribution in [3.8, 4) is 5.82 Å². The molecule has 1 unspecified atom stereocenters. The fourth-order valence-electron chi connectivity index (χ4n) is 5.61. The number of H-pyrrole nitrogens is 1. The Balaban J connectivity index is 1.46. The minimum atomic E-state index is -1.47. The number of nitrogens with zero attached hydrogens (tertiary/aromatic N) is 6. The molecule has 2 aliphatic rings. The number of benzene rings is 2. The zero-order chi connectivity index (χ0) is 26.2. The highest BCUT2D eigenvalue weighted by molar-refractivity contribution is 6.30. The lowest BCUT2D eigenvalue weighted by atomic mass is 9.70. The van der Waals surface area contributed by atoms with Gasteiger partial charge in [0.05, 0.1) is 18.6 Å². The molecule has 12 heteroatoms. The molecule has 5 aromatic rings. The van der Waals surface area contributed by atoms with Crippen LogP contribution in [0.25, 0.3) is 17.0 Å². The monoisotopic (exact) mass is 528 g/mol. The van der Waals surface area contributed by atoms with Crippen LogP contribution in [-0.4, -0.2) is 41.5 Å². The number of carbonyl (C=O) groups is 2. The lowest BCUT2D eigenvalue weighted by molar-refractivity contribution is -0.126. The maximum Gasteiger partial charge on any atom is 0.243 e. The van der Waals surface area contributed by atoms with E-state index in [2.05, 4.69) is 30.4 Å². The highest BCUT2D eigenvalue weighted by atomic mass is 35.5. The van der Waals surface area contributed by atoms with Gasteiger partial charge in [-0.2, -0.15) is 9.78 Å². The van der Waals surface area contributed by atoms with Crippen LogP contribution in [0.5, 0.6) is 0 Å². The Hall–Kier alpha value is -4.64. The van der Waals surface area contributed by atoms with Gasteiger partial charge in [-0.3, -0.25) is 9.59 Å². The van der Waals surface area contributed by atoms with Crippen LogP contribution in [0.3, 0.4) is 0 Å². The number of fused-ring (bicyclic) bond motifs is 5. The second-order valence-corrected chi connectivity index (χ2v) is 9.77. The van der Waals surface area contributed by atoms with Gasteiger partial charge in [0, 0.05) is 22.7 Å². The third-order valence-corrected chi connectivity index (χ3v) is 7.40. The van der Waals surface area contributed by atoms with Crippen LogP contribution < -0.4 is 10.2 Å². The number of halogens is 2. The maximum atomic E-state index is 14.7. The predicted octanol–water partition coefficient (Wildman–Crippen LogP) is 3.81. The molecule has 0 saturated carbocycles. The Morgan fingerprint density at radius 3 is 2.74 bits per heavy atom. The number of aromatic amines is 1. The SMILES string of the molecule is Cc1nn(-c2ncnc3nc[nH]c23)c2c1C1(CC(=O)N2)C(=O)N(Cc2ccc(Cl)cc2)c2ccc(F)cc21. The molecule has 1 atom stereocenters. The van der Waals surface area contributed by atoms with Gasteiger partial charge in [-0.15, -0.1) is 0 Å². The molecule has 10 nitrogen and oxygen atoms in total. The van der Waals surface area contributed by atoms with E-state index in [4.69, 9.17) is 11.6 Å². The van der Waals surface area contributed by atoms with Crippen LogP contribution in [0, 0.1) is 12.7 Å². The first-order valence-corrected chi connectivity index (χ1v) is 12.2. The summed E-state index contributed by atoms with van der Waals surface area (Å²) in [6.45, 7) is 1.98. The van der Waals surface area contributed by atoms with Gasteiger partial charge in [0.25, 0.3) is 0 Å². The van der Waals surface area contributed by atoms with Gasteiger partial charge in [0.2, 0.25) is 11.8 Å². The molecule has 188 valence electrons. The fraction of sp³-hybridized carbons (Fsp3) is 0.154. The Bertz CT molecular complexity index is 1800.